The van der Waals surface area contributed by atoms with Gasteiger partial charge in [0.1, 0.15) is 17.7 Å². The van der Waals surface area contributed by atoms with Gasteiger partial charge in [0, 0.05) is 0 Å². The summed E-state index contributed by atoms with van der Waals surface area (Å²) in [6, 6.07) is 4.43. The highest BCUT2D eigenvalue weighted by atomic mass is 32.2. The molecule has 16 heavy (non-hydrogen) atoms. The molecule has 0 bridgehead atoms. The Morgan fingerprint density at radius 1 is 1.44 bits per heavy atom. The summed E-state index contributed by atoms with van der Waals surface area (Å²) < 4.78 is 40.9. The van der Waals surface area contributed by atoms with Crippen LogP contribution in [0.5, 0.6) is 5.75 Å². The highest BCUT2D eigenvalue weighted by molar-refractivity contribution is 7.91. The Bertz CT molecular complexity index is 496. The molecule has 1 atom stereocenters. The summed E-state index contributed by atoms with van der Waals surface area (Å²) in [5.74, 6) is 0.480. The molecule has 0 spiro atoms. The predicted octanol–water partition coefficient (Wildman–Crippen LogP) is 1.70. The van der Waals surface area contributed by atoms with Gasteiger partial charge >= 0.3 is 0 Å². The van der Waals surface area contributed by atoms with Crippen molar-refractivity contribution in [3.05, 3.63) is 29.6 Å². The predicted molar refractivity (Wildman–Crippen MR) is 58.8 cm³/mol. The second-order valence-electron chi connectivity index (χ2n) is 4.05. The van der Waals surface area contributed by atoms with Crippen LogP contribution in [0.15, 0.2) is 18.2 Å². The molecule has 1 unspecified atom stereocenters. The highest BCUT2D eigenvalue weighted by Crippen LogP contribution is 2.21. The zero-order valence-electron chi connectivity index (χ0n) is 8.94. The first-order valence-electron chi connectivity index (χ1n) is 5.09. The van der Waals surface area contributed by atoms with E-state index in [1.165, 1.54) is 12.1 Å². The van der Waals surface area contributed by atoms with Gasteiger partial charge in [-0.3, -0.25) is 0 Å². The maximum atomic E-state index is 13.0. The number of ether oxygens (including phenoxy) is 1. The van der Waals surface area contributed by atoms with Gasteiger partial charge in [0.2, 0.25) is 0 Å². The number of hydrogen-bond acceptors (Lipinski definition) is 3. The lowest BCUT2D eigenvalue weighted by atomic mass is 10.2. The van der Waals surface area contributed by atoms with Gasteiger partial charge in [0.05, 0.1) is 11.5 Å². The molecule has 5 heteroatoms. The zero-order valence-corrected chi connectivity index (χ0v) is 9.76. The number of benzene rings is 1. The molecule has 1 aromatic carbocycles. The summed E-state index contributed by atoms with van der Waals surface area (Å²) in [4.78, 5) is 0. The minimum Gasteiger partial charge on any atom is -0.489 e. The van der Waals surface area contributed by atoms with E-state index in [-0.39, 0.29) is 23.4 Å². The molecular formula is C11H13FO3S. The highest BCUT2D eigenvalue weighted by Gasteiger charge is 2.29. The molecule has 88 valence electrons. The van der Waals surface area contributed by atoms with Crippen molar-refractivity contribution >= 4 is 9.84 Å². The summed E-state index contributed by atoms with van der Waals surface area (Å²) in [6.07, 6.45) is 0.216. The Morgan fingerprint density at radius 3 is 2.75 bits per heavy atom. The van der Waals surface area contributed by atoms with Gasteiger partial charge in [-0.2, -0.15) is 0 Å². The summed E-state index contributed by atoms with van der Waals surface area (Å²) >= 11 is 0. The van der Waals surface area contributed by atoms with Gasteiger partial charge in [0.25, 0.3) is 0 Å². The molecule has 1 aliphatic heterocycles. The smallest absolute Gasteiger partial charge is 0.154 e. The van der Waals surface area contributed by atoms with Crippen LogP contribution in [0.25, 0.3) is 0 Å². The molecule has 0 amide bonds. The van der Waals surface area contributed by atoms with E-state index < -0.39 is 9.84 Å². The molecule has 1 heterocycles. The molecule has 0 radical (unpaired) electrons. The van der Waals surface area contributed by atoms with Crippen LogP contribution in [-0.2, 0) is 9.84 Å². The van der Waals surface area contributed by atoms with Gasteiger partial charge in [-0.1, -0.05) is 0 Å². The van der Waals surface area contributed by atoms with Crippen molar-refractivity contribution in [2.45, 2.75) is 19.4 Å². The molecule has 0 aromatic heterocycles. The molecule has 0 saturated carbocycles. The van der Waals surface area contributed by atoms with Crippen molar-refractivity contribution in [1.82, 2.24) is 0 Å². The molecule has 0 N–H and O–H groups in total. The van der Waals surface area contributed by atoms with Crippen molar-refractivity contribution in [1.29, 1.82) is 0 Å². The van der Waals surface area contributed by atoms with E-state index in [1.54, 1.807) is 13.0 Å². The first kappa shape index (κ1) is 11.4. The third-order valence-corrected chi connectivity index (χ3v) is 4.36. The van der Waals surface area contributed by atoms with Crippen molar-refractivity contribution in [3.8, 4) is 5.75 Å². The number of halogens is 1. The van der Waals surface area contributed by atoms with Gasteiger partial charge in [-0.15, -0.1) is 0 Å². The van der Waals surface area contributed by atoms with Crippen molar-refractivity contribution in [2.24, 2.45) is 0 Å². The third kappa shape index (κ3) is 2.52. The molecule has 1 saturated heterocycles. The summed E-state index contributed by atoms with van der Waals surface area (Å²) in [5, 5.41) is 0. The van der Waals surface area contributed by atoms with Gasteiger partial charge in [-0.05, 0) is 37.1 Å². The number of sulfone groups is 1. The first-order valence-corrected chi connectivity index (χ1v) is 6.92. The summed E-state index contributed by atoms with van der Waals surface area (Å²) in [6.45, 7) is 1.65. The van der Waals surface area contributed by atoms with E-state index >= 15 is 0 Å². The van der Waals surface area contributed by atoms with E-state index in [9.17, 15) is 12.8 Å². The fraction of sp³-hybridized carbons (Fsp3) is 0.455. The van der Waals surface area contributed by atoms with E-state index in [0.717, 1.165) is 0 Å². The van der Waals surface area contributed by atoms with E-state index in [2.05, 4.69) is 0 Å². The second-order valence-corrected chi connectivity index (χ2v) is 6.28. The van der Waals surface area contributed by atoms with Gasteiger partial charge < -0.3 is 4.74 Å². The quantitative estimate of drug-likeness (QED) is 0.795. The molecule has 1 aromatic rings. The summed E-state index contributed by atoms with van der Waals surface area (Å²) in [7, 11) is -2.93. The Kier molecular flexibility index (Phi) is 2.88. The Hall–Kier alpha value is -1.10. The minimum atomic E-state index is -2.93. The van der Waals surface area contributed by atoms with Crippen LogP contribution in [0.3, 0.4) is 0 Å². The fourth-order valence-corrected chi connectivity index (χ4v) is 3.33. The van der Waals surface area contributed by atoms with Crippen LogP contribution in [0, 0.1) is 12.7 Å². The van der Waals surface area contributed by atoms with E-state index in [4.69, 9.17) is 4.74 Å². The number of aryl methyl sites for hydroxylation is 1. The maximum Gasteiger partial charge on any atom is 0.154 e. The number of hydrogen-bond donors (Lipinski definition) is 0. The van der Waals surface area contributed by atoms with Gasteiger partial charge in [0.15, 0.2) is 9.84 Å². The second kappa shape index (κ2) is 4.05. The SMILES string of the molecule is Cc1cc(OC2CCS(=O)(=O)C2)ccc1F. The van der Waals surface area contributed by atoms with Crippen LogP contribution >= 0.6 is 0 Å². The molecule has 3 nitrogen and oxygen atoms in total. The topological polar surface area (TPSA) is 43.4 Å². The van der Waals surface area contributed by atoms with E-state index in [1.807, 2.05) is 0 Å². The normalized spacial score (nSPS) is 23.2. The Morgan fingerprint density at radius 2 is 2.19 bits per heavy atom. The molecule has 0 aliphatic carbocycles. The van der Waals surface area contributed by atoms with Crippen LogP contribution in [0.1, 0.15) is 12.0 Å². The monoisotopic (exact) mass is 244 g/mol. The fourth-order valence-electron chi connectivity index (χ4n) is 1.74. The standard InChI is InChI=1S/C11H13FO3S/c1-8-6-9(2-3-11(8)12)15-10-4-5-16(13,14)7-10/h2-3,6,10H,4-5,7H2,1H3. The zero-order chi connectivity index (χ0) is 11.8. The van der Waals surface area contributed by atoms with Crippen LogP contribution < -0.4 is 4.74 Å². The Balaban J connectivity index is 2.08. The maximum absolute atomic E-state index is 13.0. The lowest BCUT2D eigenvalue weighted by Crippen LogP contribution is -2.17. The van der Waals surface area contributed by atoms with Crippen LogP contribution in [0.2, 0.25) is 0 Å². The molecule has 1 aliphatic rings. The van der Waals surface area contributed by atoms with Crippen molar-refractivity contribution in [3.63, 3.8) is 0 Å². The minimum absolute atomic E-state index is 0.0590. The van der Waals surface area contributed by atoms with Gasteiger partial charge in [-0.25, -0.2) is 12.8 Å². The molecule has 1 fully saturated rings. The van der Waals surface area contributed by atoms with Crippen LogP contribution in [0.4, 0.5) is 4.39 Å². The van der Waals surface area contributed by atoms with E-state index in [0.29, 0.717) is 17.7 Å². The molecular weight excluding hydrogens is 231 g/mol. The number of rotatable bonds is 2. The third-order valence-electron chi connectivity index (χ3n) is 2.62. The summed E-state index contributed by atoms with van der Waals surface area (Å²) in [5.41, 5.74) is 0.498. The lowest BCUT2D eigenvalue weighted by molar-refractivity contribution is 0.228. The average molecular weight is 244 g/mol. The molecule has 2 rings (SSSR count). The van der Waals surface area contributed by atoms with Crippen molar-refractivity contribution < 1.29 is 17.5 Å². The largest absolute Gasteiger partial charge is 0.489 e. The Labute approximate surface area is 94.2 Å². The average Bonchev–Trinajstić information content (AvgIpc) is 2.52. The van der Waals surface area contributed by atoms with Crippen molar-refractivity contribution in [2.75, 3.05) is 11.5 Å². The van der Waals surface area contributed by atoms with Crippen LogP contribution in [-0.4, -0.2) is 26.0 Å². The lowest BCUT2D eigenvalue weighted by Gasteiger charge is -2.12. The first-order chi connectivity index (χ1) is 7.46.